The van der Waals surface area contributed by atoms with Crippen molar-refractivity contribution < 1.29 is 23.5 Å². The molecule has 8 heteroatoms. The van der Waals surface area contributed by atoms with Gasteiger partial charge in [-0.25, -0.2) is 0 Å². The van der Waals surface area contributed by atoms with Crippen LogP contribution in [0.5, 0.6) is 5.75 Å². The summed E-state index contributed by atoms with van der Waals surface area (Å²) in [4.78, 5) is 38.3. The van der Waals surface area contributed by atoms with Crippen molar-refractivity contribution in [1.29, 1.82) is 0 Å². The van der Waals surface area contributed by atoms with E-state index in [1.807, 2.05) is 6.92 Å². The van der Waals surface area contributed by atoms with Crippen molar-refractivity contribution in [2.75, 3.05) is 23.1 Å². The molecule has 35 heavy (non-hydrogen) atoms. The molecule has 3 aromatic carbocycles. The molecule has 0 aliphatic rings. The Bertz CT molecular complexity index is 1380. The summed E-state index contributed by atoms with van der Waals surface area (Å²) in [7, 11) is 1.55. The number of ether oxygens (including phenoxy) is 1. The molecule has 0 atom stereocenters. The molecule has 1 aromatic heterocycles. The van der Waals surface area contributed by atoms with Gasteiger partial charge in [0.05, 0.1) is 24.6 Å². The highest BCUT2D eigenvalue weighted by molar-refractivity contribution is 6.13. The third kappa shape index (κ3) is 5.56. The first-order valence-electron chi connectivity index (χ1n) is 10.8. The average molecular weight is 469 g/mol. The maximum absolute atomic E-state index is 13.0. The predicted octanol–water partition coefficient (Wildman–Crippen LogP) is 5.35. The monoisotopic (exact) mass is 469 g/mol. The van der Waals surface area contributed by atoms with Gasteiger partial charge in [0.25, 0.3) is 17.7 Å². The molecule has 0 unspecified atom stereocenters. The van der Waals surface area contributed by atoms with Crippen LogP contribution in [-0.4, -0.2) is 24.8 Å². The van der Waals surface area contributed by atoms with Gasteiger partial charge in [0.15, 0.2) is 5.76 Å². The van der Waals surface area contributed by atoms with Crippen LogP contribution in [-0.2, 0) is 0 Å². The molecule has 3 amide bonds. The van der Waals surface area contributed by atoms with Crippen molar-refractivity contribution in [1.82, 2.24) is 0 Å². The lowest BCUT2D eigenvalue weighted by molar-refractivity contribution is 0.0991. The summed E-state index contributed by atoms with van der Waals surface area (Å²) in [6, 6.07) is 21.8. The molecule has 0 bridgehead atoms. The second-order valence-electron chi connectivity index (χ2n) is 7.65. The Morgan fingerprint density at radius 2 is 1.54 bits per heavy atom. The number of para-hydroxylation sites is 1. The fourth-order valence-electron chi connectivity index (χ4n) is 3.37. The van der Waals surface area contributed by atoms with Gasteiger partial charge in [0.1, 0.15) is 5.75 Å². The second-order valence-corrected chi connectivity index (χ2v) is 7.65. The van der Waals surface area contributed by atoms with E-state index in [2.05, 4.69) is 16.0 Å². The number of amides is 3. The fraction of sp³-hybridized carbons (Fsp3) is 0.0741. The van der Waals surface area contributed by atoms with Gasteiger partial charge >= 0.3 is 0 Å². The van der Waals surface area contributed by atoms with Crippen LogP contribution in [0.2, 0.25) is 0 Å². The van der Waals surface area contributed by atoms with E-state index < -0.39 is 11.8 Å². The van der Waals surface area contributed by atoms with Crippen LogP contribution in [0.1, 0.15) is 36.8 Å². The molecule has 4 aromatic rings. The summed E-state index contributed by atoms with van der Waals surface area (Å²) in [6.45, 7) is 1.82. The minimum atomic E-state index is -0.430. The molecule has 0 aliphatic carbocycles. The van der Waals surface area contributed by atoms with Crippen molar-refractivity contribution in [2.24, 2.45) is 0 Å². The lowest BCUT2D eigenvalue weighted by atomic mass is 10.1. The largest absolute Gasteiger partial charge is 0.497 e. The highest BCUT2D eigenvalue weighted by Crippen LogP contribution is 2.23. The number of benzene rings is 3. The number of rotatable bonds is 7. The number of hydrogen-bond donors (Lipinski definition) is 3. The second kappa shape index (κ2) is 10.4. The number of anilines is 3. The van der Waals surface area contributed by atoms with E-state index >= 15 is 0 Å². The zero-order valence-corrected chi connectivity index (χ0v) is 19.1. The maximum atomic E-state index is 13.0. The molecular weight excluding hydrogens is 446 g/mol. The van der Waals surface area contributed by atoms with Crippen molar-refractivity contribution in [3.05, 3.63) is 108 Å². The first-order valence-corrected chi connectivity index (χ1v) is 10.8. The minimum Gasteiger partial charge on any atom is -0.497 e. The number of carbonyl (C=O) groups is 3. The van der Waals surface area contributed by atoms with Gasteiger partial charge in [-0.2, -0.15) is 0 Å². The molecule has 0 radical (unpaired) electrons. The maximum Gasteiger partial charge on any atom is 0.291 e. The van der Waals surface area contributed by atoms with Crippen molar-refractivity contribution in [3.63, 3.8) is 0 Å². The van der Waals surface area contributed by atoms with Gasteiger partial charge in [0.2, 0.25) is 0 Å². The van der Waals surface area contributed by atoms with Gasteiger partial charge in [0, 0.05) is 23.0 Å². The summed E-state index contributed by atoms with van der Waals surface area (Å²) >= 11 is 0. The van der Waals surface area contributed by atoms with E-state index in [0.717, 1.165) is 5.56 Å². The summed E-state index contributed by atoms with van der Waals surface area (Å²) in [5.41, 5.74) is 2.77. The molecule has 0 saturated heterocycles. The molecule has 0 fully saturated rings. The summed E-state index contributed by atoms with van der Waals surface area (Å²) in [6.07, 6.45) is 1.41. The van der Waals surface area contributed by atoms with E-state index in [0.29, 0.717) is 33.9 Å². The Hall–Kier alpha value is -4.85. The quantitative estimate of drug-likeness (QED) is 0.338. The standard InChI is InChI=1S/C27H23N3O5/c1-17-12-13-18(15-23(17)30-27(33)24-11-6-14-35-24)25(31)29-22-10-4-3-9-21(22)26(32)28-19-7-5-8-20(16-19)34-2/h3-16H,1-2H3,(H,28,32)(H,29,31)(H,30,33). The number of nitrogens with one attached hydrogen (secondary N) is 3. The van der Waals surface area contributed by atoms with Crippen LogP contribution in [0, 0.1) is 6.92 Å². The fourth-order valence-corrected chi connectivity index (χ4v) is 3.37. The Morgan fingerprint density at radius 1 is 0.743 bits per heavy atom. The van der Waals surface area contributed by atoms with Crippen LogP contribution >= 0.6 is 0 Å². The van der Waals surface area contributed by atoms with Gasteiger partial charge < -0.3 is 25.1 Å². The van der Waals surface area contributed by atoms with Crippen LogP contribution in [0.3, 0.4) is 0 Å². The van der Waals surface area contributed by atoms with Gasteiger partial charge in [-0.15, -0.1) is 0 Å². The zero-order chi connectivity index (χ0) is 24.8. The number of aryl methyl sites for hydroxylation is 1. The van der Waals surface area contributed by atoms with Crippen LogP contribution in [0.15, 0.2) is 89.5 Å². The van der Waals surface area contributed by atoms with Crippen LogP contribution < -0.4 is 20.7 Å². The summed E-state index contributed by atoms with van der Waals surface area (Å²) in [5.74, 6) is -0.464. The average Bonchev–Trinajstić information content (AvgIpc) is 3.41. The third-order valence-electron chi connectivity index (χ3n) is 5.24. The lowest BCUT2D eigenvalue weighted by Gasteiger charge is -2.13. The Kier molecular flexibility index (Phi) is 6.92. The van der Waals surface area contributed by atoms with Crippen molar-refractivity contribution >= 4 is 34.8 Å². The normalized spacial score (nSPS) is 10.3. The number of hydrogen-bond acceptors (Lipinski definition) is 5. The topological polar surface area (TPSA) is 110 Å². The summed E-state index contributed by atoms with van der Waals surface area (Å²) < 4.78 is 10.3. The lowest BCUT2D eigenvalue weighted by Crippen LogP contribution is -2.19. The number of furan rings is 1. The van der Waals surface area contributed by atoms with Crippen LogP contribution in [0.25, 0.3) is 0 Å². The highest BCUT2D eigenvalue weighted by Gasteiger charge is 2.16. The Labute approximate surface area is 201 Å². The smallest absolute Gasteiger partial charge is 0.291 e. The van der Waals surface area contributed by atoms with Gasteiger partial charge in [-0.05, 0) is 61.0 Å². The van der Waals surface area contributed by atoms with Crippen LogP contribution in [0.4, 0.5) is 17.1 Å². The Balaban J connectivity index is 1.51. The van der Waals surface area contributed by atoms with E-state index in [1.165, 1.54) is 6.26 Å². The highest BCUT2D eigenvalue weighted by atomic mass is 16.5. The summed E-state index contributed by atoms with van der Waals surface area (Å²) in [5, 5.41) is 8.35. The third-order valence-corrected chi connectivity index (χ3v) is 5.24. The molecule has 176 valence electrons. The molecule has 4 rings (SSSR count). The first kappa shape index (κ1) is 23.3. The van der Waals surface area contributed by atoms with Crippen molar-refractivity contribution in [2.45, 2.75) is 6.92 Å². The molecular formula is C27H23N3O5. The first-order chi connectivity index (χ1) is 16.9. The van der Waals surface area contributed by atoms with Gasteiger partial charge in [-0.3, -0.25) is 14.4 Å². The van der Waals surface area contributed by atoms with E-state index in [4.69, 9.17) is 9.15 Å². The molecule has 3 N–H and O–H groups in total. The number of carbonyl (C=O) groups excluding carboxylic acids is 3. The molecule has 1 heterocycles. The predicted molar refractivity (Wildman–Crippen MR) is 133 cm³/mol. The molecule has 0 spiro atoms. The molecule has 0 saturated carbocycles. The van der Waals surface area contributed by atoms with Crippen molar-refractivity contribution in [3.8, 4) is 5.75 Å². The Morgan fingerprint density at radius 3 is 2.31 bits per heavy atom. The van der Waals surface area contributed by atoms with E-state index in [9.17, 15) is 14.4 Å². The molecule has 8 nitrogen and oxygen atoms in total. The van der Waals surface area contributed by atoms with E-state index in [1.54, 1.807) is 86.0 Å². The minimum absolute atomic E-state index is 0.162. The zero-order valence-electron chi connectivity index (χ0n) is 19.1. The molecule has 0 aliphatic heterocycles. The van der Waals surface area contributed by atoms with Gasteiger partial charge in [-0.1, -0.05) is 24.3 Å². The number of methoxy groups -OCH3 is 1. The van der Waals surface area contributed by atoms with E-state index in [-0.39, 0.29) is 11.7 Å². The SMILES string of the molecule is COc1cccc(NC(=O)c2ccccc2NC(=O)c2ccc(C)c(NC(=O)c3ccco3)c2)c1.